The molecule has 12 aromatic rings. The van der Waals surface area contributed by atoms with Crippen molar-refractivity contribution in [2.75, 3.05) is 18.2 Å². The van der Waals surface area contributed by atoms with Crippen molar-refractivity contribution in [2.24, 2.45) is 40.9 Å². The molecule has 0 bridgehead atoms. The van der Waals surface area contributed by atoms with Gasteiger partial charge in [-0.25, -0.2) is 56.7 Å². The third kappa shape index (κ3) is 15.4. The number of anilines is 1. The molecule has 0 atom stereocenters. The van der Waals surface area contributed by atoms with Gasteiger partial charge in [-0.2, -0.15) is 28.0 Å². The number of hydrogen-bond acceptors (Lipinski definition) is 31. The number of aromatic nitrogens is 10. The first-order valence-corrected chi connectivity index (χ1v) is 28.7. The second-order valence-electron chi connectivity index (χ2n) is 16.6. The van der Waals surface area contributed by atoms with Crippen molar-refractivity contribution >= 4 is 157 Å². The number of nitrogens with one attached hydrogen (secondary N) is 1. The van der Waals surface area contributed by atoms with Gasteiger partial charge in [0.05, 0.1) is 39.6 Å². The van der Waals surface area contributed by atoms with Crippen LogP contribution in [0.2, 0.25) is 0 Å². The van der Waals surface area contributed by atoms with Crippen LogP contribution in [-0.2, 0) is 4.74 Å². The monoisotopic (exact) mass is 1300 g/mol. The summed E-state index contributed by atoms with van der Waals surface area (Å²) in [4.78, 5) is 35.9. The highest BCUT2D eigenvalue weighted by molar-refractivity contribution is 7.98. The van der Waals surface area contributed by atoms with Crippen molar-refractivity contribution in [2.45, 2.75) is 11.9 Å². The number of thioether (sulfide) groups is 1. The number of nitrogens with zero attached hydrogens (tertiary/aromatic N) is 20. The molecule has 12 rings (SSSR count). The molecule has 9 heterocycles. The van der Waals surface area contributed by atoms with Gasteiger partial charge in [-0.3, -0.25) is 5.32 Å². The fourth-order valence-electron chi connectivity index (χ4n) is 6.72. The Morgan fingerprint density at radius 3 is 1.81 bits per heavy atom. The quantitative estimate of drug-likeness (QED) is 0.0456. The maximum Gasteiger partial charge on any atom is 0.412 e. The molecule has 0 saturated heterocycles. The Bertz CT molecular complexity index is 4840. The molecule has 0 spiro atoms. The van der Waals surface area contributed by atoms with E-state index in [4.69, 9.17) is 25.3 Å². The van der Waals surface area contributed by atoms with E-state index in [9.17, 15) is 37.1 Å². The molecule has 0 aliphatic heterocycles. The van der Waals surface area contributed by atoms with Crippen LogP contribution in [0.1, 0.15) is 18.1 Å². The number of azo groups is 4. The number of ether oxygens (including phenoxy) is 1. The highest BCUT2D eigenvalue weighted by atomic mass is 32.2. The molecule has 37 heteroatoms. The van der Waals surface area contributed by atoms with E-state index >= 15 is 0 Å². The summed E-state index contributed by atoms with van der Waals surface area (Å²) in [5.74, 6) is -6.67. The van der Waals surface area contributed by atoms with E-state index in [1.807, 2.05) is 18.4 Å². The second kappa shape index (κ2) is 28.8. The number of phenolic OH excluding ortho intramolecular Hbond substituents is 3. The number of carbonyl (C=O) groups is 1. The van der Waals surface area contributed by atoms with Crippen molar-refractivity contribution in [3.05, 3.63) is 144 Å². The number of halogens is 5. The van der Waals surface area contributed by atoms with Crippen LogP contribution in [0.15, 0.2) is 150 Å². The van der Waals surface area contributed by atoms with Gasteiger partial charge >= 0.3 is 6.09 Å². The Morgan fingerprint density at radius 2 is 1.15 bits per heavy atom. The first-order valence-electron chi connectivity index (χ1n) is 24.3. The minimum absolute atomic E-state index is 0.0953. The molecule has 0 fully saturated rings. The van der Waals surface area contributed by atoms with Crippen molar-refractivity contribution in [1.82, 2.24) is 47.4 Å². The Kier molecular flexibility index (Phi) is 20.1. The smallest absolute Gasteiger partial charge is 0.412 e. The van der Waals surface area contributed by atoms with E-state index in [2.05, 4.69) is 99.7 Å². The topological polar surface area (TPSA) is 395 Å². The van der Waals surface area contributed by atoms with Crippen LogP contribution in [0.25, 0.3) is 44.3 Å². The molecule has 444 valence electrons. The average molecular weight is 1300 g/mol. The number of rotatable bonds is 11. The van der Waals surface area contributed by atoms with Gasteiger partial charge in [-0.05, 0) is 108 Å². The summed E-state index contributed by atoms with van der Waals surface area (Å²) >= 11 is 5.58. The zero-order valence-electron chi connectivity index (χ0n) is 44.5. The largest absolute Gasteiger partial charge is 0.505 e. The predicted molar refractivity (Wildman–Crippen MR) is 316 cm³/mol. The van der Waals surface area contributed by atoms with E-state index in [0.717, 1.165) is 58.2 Å². The fourth-order valence-corrected chi connectivity index (χ4v) is 9.77. The summed E-state index contributed by atoms with van der Waals surface area (Å²) in [6.45, 7) is 1.84. The lowest BCUT2D eigenvalue weighted by atomic mass is 10.2. The van der Waals surface area contributed by atoms with E-state index < -0.39 is 52.4 Å². The SMILES string of the molecule is CCOC(=O)Nc1nc(N=Nc2snc3nc(SC)c(C#N)cc23)ccc1O.N#Cc1cnc2nsc(N=Nc3cc(F)c(O)cc3F)c2c1.Oc1cc(F)c(N=Nc2snc3nccnc23)cc1F.Oc1ccc(N=Nc2snc3ncccc23)cc1F. The van der Waals surface area contributed by atoms with Crippen molar-refractivity contribution < 1.29 is 51.9 Å². The fraction of sp³-hybridized carbons (Fsp3) is 0.0577. The van der Waals surface area contributed by atoms with Crippen molar-refractivity contribution in [3.63, 3.8) is 0 Å². The molecular formula is C52H30F5N21O6S5. The van der Waals surface area contributed by atoms with Gasteiger partial charge in [-0.15, -0.1) is 52.7 Å². The van der Waals surface area contributed by atoms with Crippen molar-refractivity contribution in [1.29, 1.82) is 10.5 Å². The zero-order valence-corrected chi connectivity index (χ0v) is 48.6. The maximum atomic E-state index is 13.5. The van der Waals surface area contributed by atoms with Gasteiger partial charge in [0, 0.05) is 55.1 Å². The first-order chi connectivity index (χ1) is 43.0. The van der Waals surface area contributed by atoms with Crippen LogP contribution in [-0.4, -0.2) is 86.8 Å². The Morgan fingerprint density at radius 1 is 0.573 bits per heavy atom. The lowest BCUT2D eigenvalue weighted by molar-refractivity contribution is 0.167. The number of nitriles is 2. The minimum Gasteiger partial charge on any atom is -0.505 e. The summed E-state index contributed by atoms with van der Waals surface area (Å²) in [6, 6.07) is 20.2. The molecule has 0 aliphatic rings. The molecule has 27 nitrogen and oxygen atoms in total. The first kappa shape index (κ1) is 62.3. The molecule has 1 amide bonds. The van der Waals surface area contributed by atoms with Gasteiger partial charge in [0.15, 0.2) is 106 Å². The molecule has 5 N–H and O–H groups in total. The predicted octanol–water partition coefficient (Wildman–Crippen LogP) is 15.8. The van der Waals surface area contributed by atoms with Crippen LogP contribution in [0.4, 0.5) is 75.4 Å². The number of pyridine rings is 4. The molecule has 0 aliphatic carbocycles. The van der Waals surface area contributed by atoms with Gasteiger partial charge in [0.1, 0.15) is 34.1 Å². The number of amides is 1. The normalized spacial score (nSPS) is 11.2. The van der Waals surface area contributed by atoms with E-state index in [1.54, 1.807) is 25.3 Å². The summed E-state index contributed by atoms with van der Waals surface area (Å²) in [5.41, 5.74) is 2.70. The summed E-state index contributed by atoms with van der Waals surface area (Å²) in [5, 5.41) is 92.5. The van der Waals surface area contributed by atoms with Crippen LogP contribution in [0.5, 0.6) is 23.0 Å². The standard InChI is InChI=1S/C16H13N7O3S2.C13H5F2N5OS.C12H7FN4OS.C11H5F2N5OS/c1-3-26-16(25)20-13-10(24)4-5-11(18-13)21-22-15-9-6-8(7-17)14(27-2)19-12(9)23-28-15;14-8-3-11(21)9(15)2-10(8)18-19-13-7-1-6(4-16)5-17-12(7)20-22-13;13-9-6-7(3-4-10(9)18)15-16-12-8-2-1-5-14-11(8)17-19-12;12-5-4-8(19)6(13)3-7(5)16-17-11-9-10(18-20-11)15-2-1-14-9/h4-6,24H,3H2,1-2H3,(H,18,20,25);1-3,5,21H;1-6,18H;1-4,19H. The highest BCUT2D eigenvalue weighted by Crippen LogP contribution is 2.37. The lowest BCUT2D eigenvalue weighted by Gasteiger charge is -2.06. The van der Waals surface area contributed by atoms with Crippen LogP contribution < -0.4 is 5.32 Å². The van der Waals surface area contributed by atoms with Crippen LogP contribution in [0, 0.1) is 51.7 Å². The third-order valence-corrected chi connectivity index (χ3v) is 14.5. The number of phenols is 3. The van der Waals surface area contributed by atoms with Gasteiger partial charge in [-0.1, -0.05) is 0 Å². The molecule has 9 aromatic heterocycles. The number of benzene rings is 3. The number of fused-ring (bicyclic) bond motifs is 4. The lowest BCUT2D eigenvalue weighted by Crippen LogP contribution is -2.14. The Hall–Kier alpha value is -11.3. The number of hydrogen-bond donors (Lipinski definition) is 5. The molecule has 0 saturated carbocycles. The minimum atomic E-state index is -1.00. The summed E-state index contributed by atoms with van der Waals surface area (Å²) < 4.78 is 87.6. The Labute approximate surface area is 514 Å². The molecule has 3 aromatic carbocycles. The molecule has 0 unspecified atom stereocenters. The zero-order chi connectivity index (χ0) is 63.1. The molecular weight excluding hydrogens is 1270 g/mol. The van der Waals surface area contributed by atoms with Crippen molar-refractivity contribution in [3.8, 4) is 35.1 Å². The second-order valence-corrected chi connectivity index (χ2v) is 20.4. The van der Waals surface area contributed by atoms with Crippen LogP contribution in [0.3, 0.4) is 0 Å². The third-order valence-electron chi connectivity index (χ3n) is 10.8. The van der Waals surface area contributed by atoms with Gasteiger partial charge in [0.2, 0.25) is 0 Å². The van der Waals surface area contributed by atoms with Gasteiger partial charge < -0.3 is 25.2 Å². The van der Waals surface area contributed by atoms with Gasteiger partial charge in [0.25, 0.3) is 0 Å². The molecule has 89 heavy (non-hydrogen) atoms. The summed E-state index contributed by atoms with van der Waals surface area (Å²) in [7, 11) is 0. The van der Waals surface area contributed by atoms with E-state index in [0.29, 0.717) is 92.9 Å². The maximum absolute atomic E-state index is 13.5. The van der Waals surface area contributed by atoms with E-state index in [1.165, 1.54) is 72.2 Å². The summed E-state index contributed by atoms with van der Waals surface area (Å²) in [6.07, 6.45) is 7.07. The average Bonchev–Trinajstić information content (AvgIpc) is 3.28. The highest BCUT2D eigenvalue weighted by Gasteiger charge is 2.16. The van der Waals surface area contributed by atoms with E-state index in [-0.39, 0.29) is 35.4 Å². The molecule has 0 radical (unpaired) electrons. The number of aromatic hydroxyl groups is 4. The number of carbonyl (C=O) groups excluding carboxylic acids is 1. The van der Waals surface area contributed by atoms with Crippen LogP contribution >= 0.6 is 57.9 Å². The Balaban J connectivity index is 0.000000142.